The Kier molecular flexibility index (Phi) is 13.4. The van der Waals surface area contributed by atoms with Crippen molar-refractivity contribution in [1.29, 1.82) is 0 Å². The molecule has 1 aliphatic carbocycles. The highest BCUT2D eigenvalue weighted by atomic mass is 35.5. The third-order valence-corrected chi connectivity index (χ3v) is 6.03. The molecule has 0 bridgehead atoms. The van der Waals surface area contributed by atoms with E-state index in [-0.39, 0.29) is 11.9 Å². The number of carbonyl (C=O) groups excluding carboxylic acids is 2. The number of fused-ring (bicyclic) bond motifs is 1. The molecule has 0 spiro atoms. The van der Waals surface area contributed by atoms with Gasteiger partial charge in [0, 0.05) is 24.8 Å². The predicted molar refractivity (Wildman–Crippen MR) is 148 cm³/mol. The van der Waals surface area contributed by atoms with Crippen LogP contribution in [0.3, 0.4) is 0 Å². The Balaban J connectivity index is 0.00000145. The van der Waals surface area contributed by atoms with Crippen molar-refractivity contribution in [2.75, 3.05) is 19.0 Å². The summed E-state index contributed by atoms with van der Waals surface area (Å²) in [7, 11) is 0. The zero-order valence-electron chi connectivity index (χ0n) is 21.4. The van der Waals surface area contributed by atoms with Crippen LogP contribution in [0.1, 0.15) is 68.6 Å². The minimum Gasteiger partial charge on any atom is -0.449 e. The number of rotatable bonds is 11. The molecule has 0 heterocycles. The van der Waals surface area contributed by atoms with E-state index in [0.29, 0.717) is 37.6 Å². The number of ether oxygens (including phenoxy) is 2. The maximum absolute atomic E-state index is 12.0. The number of esters is 1. The third kappa shape index (κ3) is 9.90. The molecule has 0 radical (unpaired) electrons. The average molecular weight is 512 g/mol. The maximum Gasteiger partial charge on any atom is 0.407 e. The molecule has 6 heteroatoms. The van der Waals surface area contributed by atoms with Crippen molar-refractivity contribution in [3.63, 3.8) is 0 Å². The van der Waals surface area contributed by atoms with Gasteiger partial charge in [-0.3, -0.25) is 4.79 Å². The van der Waals surface area contributed by atoms with E-state index in [1.165, 1.54) is 16.7 Å². The molecule has 1 aliphatic rings. The molecule has 0 saturated carbocycles. The van der Waals surface area contributed by atoms with E-state index < -0.39 is 6.09 Å². The first-order valence-corrected chi connectivity index (χ1v) is 13.1. The van der Waals surface area contributed by atoms with Crippen LogP contribution >= 0.6 is 11.6 Å². The Morgan fingerprint density at radius 1 is 1.08 bits per heavy atom. The lowest BCUT2D eigenvalue weighted by Crippen LogP contribution is -2.26. The van der Waals surface area contributed by atoms with E-state index in [2.05, 4.69) is 30.1 Å². The molecule has 194 valence electrons. The molecular formula is C30H38ClNO4. The number of amides is 1. The van der Waals surface area contributed by atoms with E-state index in [0.717, 1.165) is 31.2 Å². The van der Waals surface area contributed by atoms with E-state index >= 15 is 0 Å². The van der Waals surface area contributed by atoms with Gasteiger partial charge in [-0.2, -0.15) is 0 Å². The van der Waals surface area contributed by atoms with Crippen LogP contribution in [0.2, 0.25) is 0 Å². The molecule has 0 fully saturated rings. The van der Waals surface area contributed by atoms with Crippen molar-refractivity contribution in [2.24, 2.45) is 0 Å². The van der Waals surface area contributed by atoms with Gasteiger partial charge < -0.3 is 14.8 Å². The average Bonchev–Trinajstić information content (AvgIpc) is 3.24. The SMILES string of the molecule is C/C=C1\CC(COC(=O)NCCCCCC(=O)Oc2ccc(CCCl)cc2)c2ccccc21.C=CC. The number of unbranched alkanes of at least 4 members (excludes halogenated alkanes) is 2. The number of allylic oxidation sites excluding steroid dienone is 3. The summed E-state index contributed by atoms with van der Waals surface area (Å²) in [4.78, 5) is 24.0. The Labute approximate surface area is 220 Å². The summed E-state index contributed by atoms with van der Waals surface area (Å²) in [6, 6.07) is 15.7. The third-order valence-electron chi connectivity index (χ3n) is 5.84. The van der Waals surface area contributed by atoms with Crippen molar-refractivity contribution in [1.82, 2.24) is 5.32 Å². The molecule has 0 aromatic heterocycles. The van der Waals surface area contributed by atoms with Gasteiger partial charge in [-0.05, 0) is 73.9 Å². The van der Waals surface area contributed by atoms with Crippen LogP contribution in [0.15, 0.2) is 67.3 Å². The second-order valence-electron chi connectivity index (χ2n) is 8.60. The van der Waals surface area contributed by atoms with E-state index in [1.54, 1.807) is 18.2 Å². The highest BCUT2D eigenvalue weighted by Gasteiger charge is 2.26. The molecule has 2 aromatic carbocycles. The highest BCUT2D eigenvalue weighted by Crippen LogP contribution is 2.40. The van der Waals surface area contributed by atoms with Gasteiger partial charge in [0.15, 0.2) is 0 Å². The largest absolute Gasteiger partial charge is 0.449 e. The number of aryl methyl sites for hydroxylation is 1. The number of hydrogen-bond acceptors (Lipinski definition) is 4. The van der Waals surface area contributed by atoms with Gasteiger partial charge in [0.05, 0.1) is 0 Å². The molecule has 2 aromatic rings. The van der Waals surface area contributed by atoms with Crippen molar-refractivity contribution in [2.45, 2.75) is 58.3 Å². The Morgan fingerprint density at radius 2 is 1.81 bits per heavy atom. The van der Waals surface area contributed by atoms with E-state index in [4.69, 9.17) is 21.1 Å². The lowest BCUT2D eigenvalue weighted by atomic mass is 10.0. The molecule has 1 unspecified atom stereocenters. The number of halogens is 1. The number of alkyl halides is 1. The van der Waals surface area contributed by atoms with E-state index in [9.17, 15) is 9.59 Å². The van der Waals surface area contributed by atoms with Crippen molar-refractivity contribution < 1.29 is 19.1 Å². The van der Waals surface area contributed by atoms with Crippen LogP contribution in [0.4, 0.5) is 4.79 Å². The zero-order chi connectivity index (χ0) is 26.2. The number of nitrogens with one attached hydrogen (secondary N) is 1. The smallest absolute Gasteiger partial charge is 0.407 e. The first-order valence-electron chi connectivity index (χ1n) is 12.6. The van der Waals surface area contributed by atoms with Crippen LogP contribution in [0.25, 0.3) is 5.57 Å². The predicted octanol–water partition coefficient (Wildman–Crippen LogP) is 7.44. The quantitative estimate of drug-likeness (QED) is 0.112. The maximum atomic E-state index is 12.0. The summed E-state index contributed by atoms with van der Waals surface area (Å²) in [6.07, 6.45) is 7.86. The molecular weight excluding hydrogens is 474 g/mol. The fraction of sp³-hybridized carbons (Fsp3) is 0.400. The molecule has 1 N–H and O–H groups in total. The summed E-state index contributed by atoms with van der Waals surface area (Å²) < 4.78 is 10.8. The Bertz CT molecular complexity index is 1000. The summed E-state index contributed by atoms with van der Waals surface area (Å²) in [5, 5.41) is 2.80. The number of benzene rings is 2. The van der Waals surface area contributed by atoms with E-state index in [1.807, 2.05) is 38.1 Å². The number of carbonyl (C=O) groups is 2. The summed E-state index contributed by atoms with van der Waals surface area (Å²) >= 11 is 5.72. The molecule has 1 atom stereocenters. The minimum atomic E-state index is -0.390. The standard InChI is InChI=1S/C27H32ClNO4.C3H6/c1-2-21-18-22(25-9-6-5-8-24(21)25)19-32-27(31)29-17-7-3-4-10-26(30)33-23-13-11-20(12-14-23)15-16-28;1-3-2/h2,5-6,8-9,11-14,22H,3-4,7,10,15-19H2,1H3,(H,29,31);3H,1H2,2H3/b21-2+;. The fourth-order valence-corrected chi connectivity index (χ4v) is 4.28. The van der Waals surface area contributed by atoms with Crippen molar-refractivity contribution in [3.8, 4) is 5.75 Å². The van der Waals surface area contributed by atoms with Gasteiger partial charge in [0.2, 0.25) is 0 Å². The first kappa shape index (κ1) is 29.2. The first-order chi connectivity index (χ1) is 17.5. The summed E-state index contributed by atoms with van der Waals surface area (Å²) in [5.41, 5.74) is 4.93. The topological polar surface area (TPSA) is 64.6 Å². The van der Waals surface area contributed by atoms with Gasteiger partial charge in [-0.15, -0.1) is 18.2 Å². The normalized spacial score (nSPS) is 14.9. The second kappa shape index (κ2) is 16.6. The lowest BCUT2D eigenvalue weighted by molar-refractivity contribution is -0.134. The second-order valence-corrected chi connectivity index (χ2v) is 8.98. The summed E-state index contributed by atoms with van der Waals surface area (Å²) in [6.45, 7) is 8.19. The van der Waals surface area contributed by atoms with Crippen molar-refractivity contribution >= 4 is 29.2 Å². The number of hydrogen-bond donors (Lipinski definition) is 1. The van der Waals surface area contributed by atoms with Gasteiger partial charge in [-0.1, -0.05) is 55.0 Å². The summed E-state index contributed by atoms with van der Waals surface area (Å²) in [5.74, 6) is 1.08. The number of alkyl carbamates (subject to hydrolysis) is 1. The lowest BCUT2D eigenvalue weighted by Gasteiger charge is -2.12. The molecule has 36 heavy (non-hydrogen) atoms. The minimum absolute atomic E-state index is 0.209. The molecule has 0 saturated heterocycles. The molecule has 5 nitrogen and oxygen atoms in total. The van der Waals surface area contributed by atoms with Gasteiger partial charge in [-0.25, -0.2) is 4.79 Å². The Morgan fingerprint density at radius 3 is 2.50 bits per heavy atom. The van der Waals surface area contributed by atoms with Crippen LogP contribution in [0, 0.1) is 0 Å². The zero-order valence-corrected chi connectivity index (χ0v) is 22.2. The Hall–Kier alpha value is -3.05. The van der Waals surface area contributed by atoms with Crippen LogP contribution < -0.4 is 10.1 Å². The van der Waals surface area contributed by atoms with Gasteiger partial charge >= 0.3 is 12.1 Å². The monoisotopic (exact) mass is 511 g/mol. The van der Waals surface area contributed by atoms with Gasteiger partial charge in [0.25, 0.3) is 0 Å². The van der Waals surface area contributed by atoms with Crippen LogP contribution in [-0.4, -0.2) is 31.1 Å². The molecule has 1 amide bonds. The fourth-order valence-electron chi connectivity index (χ4n) is 4.06. The molecule has 0 aliphatic heterocycles. The van der Waals surface area contributed by atoms with Gasteiger partial charge in [0.1, 0.15) is 12.4 Å². The van der Waals surface area contributed by atoms with Crippen LogP contribution in [0.5, 0.6) is 5.75 Å². The highest BCUT2D eigenvalue weighted by molar-refractivity contribution is 6.17. The van der Waals surface area contributed by atoms with Crippen molar-refractivity contribution in [3.05, 3.63) is 84.0 Å². The molecule has 3 rings (SSSR count). The van der Waals surface area contributed by atoms with Crippen LogP contribution in [-0.2, 0) is 16.0 Å².